The first-order chi connectivity index (χ1) is 42.1. The van der Waals surface area contributed by atoms with Gasteiger partial charge in [-0.15, -0.1) is 0 Å². The average Bonchev–Trinajstić information content (AvgIpc) is 1.81. The normalized spacial score (nSPS) is 12.8. The molecule has 85 heavy (non-hydrogen) atoms. The third-order valence-corrected chi connectivity index (χ3v) is 19.7. The Hall–Kier alpha value is -2.48. The zero-order chi connectivity index (χ0) is 60.4. The van der Waals surface area contributed by atoms with Crippen LogP contribution in [0.5, 0.6) is 0 Å². The highest BCUT2D eigenvalue weighted by Crippen LogP contribution is 2.45. The maximum Gasteiger partial charge on any atom is 0.211 e. The van der Waals surface area contributed by atoms with Gasteiger partial charge in [-0.3, -0.25) is 0 Å². The smallest absolute Gasteiger partial charge is 0.211 e. The molecule has 0 aromatic heterocycles. The van der Waals surface area contributed by atoms with Crippen molar-refractivity contribution in [1.82, 2.24) is 0 Å². The Balaban J connectivity index is 1.34. The van der Waals surface area contributed by atoms with E-state index in [4.69, 9.17) is 0 Å². The van der Waals surface area contributed by atoms with Gasteiger partial charge in [0.1, 0.15) is 0 Å². The summed E-state index contributed by atoms with van der Waals surface area (Å²) in [6.45, 7) is 9.14. The SMILES string of the molecule is CCCCCCCCCCCCCCCCCCCCCCCCCCCCCCC1=C(c2cccc(CCCCCCCC)c2)[N+](=[N-])C(c2cccc(C)c2)=C1CCCCCCCCCCCCCCCCCCCCCCCCCCCC. The molecule has 1 aliphatic rings. The number of allylic oxidation sites excluding steroid dienone is 2. The summed E-state index contributed by atoms with van der Waals surface area (Å²) in [5.41, 5.74) is 22.5. The fourth-order valence-corrected chi connectivity index (χ4v) is 14.1. The summed E-state index contributed by atoms with van der Waals surface area (Å²) in [6.07, 6.45) is 88.3. The summed E-state index contributed by atoms with van der Waals surface area (Å²) in [7, 11) is 0. The molecule has 2 nitrogen and oxygen atoms in total. The van der Waals surface area contributed by atoms with Gasteiger partial charge in [0, 0.05) is 22.3 Å². The van der Waals surface area contributed by atoms with Gasteiger partial charge in [-0.1, -0.05) is 417 Å². The van der Waals surface area contributed by atoms with Crippen LogP contribution in [0, 0.1) is 6.92 Å². The molecule has 0 saturated carbocycles. The van der Waals surface area contributed by atoms with Gasteiger partial charge in [-0.2, -0.15) is 0 Å². The summed E-state index contributed by atoms with van der Waals surface area (Å²) < 4.78 is 1.64. The van der Waals surface area contributed by atoms with E-state index in [0.717, 1.165) is 30.7 Å². The second-order valence-electron chi connectivity index (χ2n) is 27.9. The number of hydrogen-bond donors (Lipinski definition) is 0. The second-order valence-corrected chi connectivity index (χ2v) is 27.9. The van der Waals surface area contributed by atoms with Gasteiger partial charge >= 0.3 is 0 Å². The molecule has 0 aliphatic carbocycles. The summed E-state index contributed by atoms with van der Waals surface area (Å²) in [4.78, 5) is 0. The fraction of sp³-hybridized carbons (Fsp3) is 0.807. The molecule has 3 rings (SSSR count). The number of aryl methyl sites for hydroxylation is 2. The Kier molecular flexibility index (Phi) is 52.3. The van der Waals surface area contributed by atoms with Gasteiger partial charge in [-0.05, 0) is 75.3 Å². The first kappa shape index (κ1) is 76.8. The van der Waals surface area contributed by atoms with Crippen LogP contribution in [0.15, 0.2) is 59.7 Å². The fourth-order valence-electron chi connectivity index (χ4n) is 14.1. The van der Waals surface area contributed by atoms with Crippen molar-refractivity contribution in [3.63, 3.8) is 0 Å². The number of hydrogen-bond acceptors (Lipinski definition) is 0. The maximum atomic E-state index is 12.5. The van der Waals surface area contributed by atoms with Crippen molar-refractivity contribution < 1.29 is 4.70 Å². The molecule has 0 bridgehead atoms. The van der Waals surface area contributed by atoms with Gasteiger partial charge in [0.15, 0.2) is 0 Å². The zero-order valence-corrected chi connectivity index (χ0v) is 58.1. The van der Waals surface area contributed by atoms with Gasteiger partial charge in [0.25, 0.3) is 0 Å². The van der Waals surface area contributed by atoms with Gasteiger partial charge in [0.05, 0.1) is 0 Å². The van der Waals surface area contributed by atoms with Crippen LogP contribution in [-0.2, 0) is 6.42 Å². The molecule has 0 fully saturated rings. The van der Waals surface area contributed by atoms with Crippen molar-refractivity contribution >= 4 is 11.4 Å². The molecule has 1 aliphatic heterocycles. The monoisotopic (exact) mass is 1170 g/mol. The highest BCUT2D eigenvalue weighted by molar-refractivity contribution is 5.82. The Morgan fingerprint density at radius 3 is 0.706 bits per heavy atom. The predicted molar refractivity (Wildman–Crippen MR) is 382 cm³/mol. The molecular weight excluding hydrogens is 1020 g/mol. The number of benzene rings is 2. The summed E-state index contributed by atoms with van der Waals surface area (Å²) in [5.74, 6) is 0. The quantitative estimate of drug-likeness (QED) is 0.0466. The molecule has 2 aromatic rings. The van der Waals surface area contributed by atoms with E-state index in [1.165, 1.54) is 419 Å². The zero-order valence-electron chi connectivity index (χ0n) is 58.1. The molecule has 0 N–H and O–H groups in total. The van der Waals surface area contributed by atoms with E-state index in [9.17, 15) is 5.53 Å². The van der Waals surface area contributed by atoms with Crippen LogP contribution < -0.4 is 0 Å². The van der Waals surface area contributed by atoms with E-state index in [0.29, 0.717) is 0 Å². The van der Waals surface area contributed by atoms with Crippen LogP contribution >= 0.6 is 0 Å². The standard InChI is InChI=1S/C83H146N2/c1-5-8-11-14-17-19-21-23-25-27-29-31-33-35-37-38-40-42-44-46-48-50-52-54-56-58-61-64-73-81-80(72-63-60-57-55-53-51-49-47-45-43-41-39-36-34-32-30-28-26-24-22-20-18-15-12-9-6-2)82(78-70-65-67-76(4)74-78)85(84)83(81)79-71-66-69-77(75-79)68-62-59-16-13-10-7-3/h65-67,69-71,74-75H,5-64,68,72-73H2,1-4H3. The van der Waals surface area contributed by atoms with Crippen molar-refractivity contribution in [2.75, 3.05) is 0 Å². The Morgan fingerprint density at radius 1 is 0.247 bits per heavy atom. The second kappa shape index (κ2) is 57.9. The van der Waals surface area contributed by atoms with Gasteiger partial charge in [-0.25, -0.2) is 4.70 Å². The first-order valence-electron chi connectivity index (χ1n) is 39.2. The lowest BCUT2D eigenvalue weighted by Crippen LogP contribution is -2.03. The maximum absolute atomic E-state index is 12.5. The molecule has 0 saturated heterocycles. The largest absolute Gasteiger partial charge is 0.493 e. The molecule has 488 valence electrons. The molecule has 0 atom stereocenters. The predicted octanol–water partition coefficient (Wildman–Crippen LogP) is 30.0. The highest BCUT2D eigenvalue weighted by atomic mass is 15.2. The van der Waals surface area contributed by atoms with Crippen LogP contribution in [0.1, 0.15) is 441 Å². The summed E-state index contributed by atoms with van der Waals surface area (Å²) in [6, 6.07) is 18.2. The topological polar surface area (TPSA) is 25.3 Å². The van der Waals surface area contributed by atoms with Crippen LogP contribution in [-0.4, -0.2) is 4.70 Å². The van der Waals surface area contributed by atoms with Crippen LogP contribution in [0.2, 0.25) is 0 Å². The van der Waals surface area contributed by atoms with E-state index >= 15 is 0 Å². The summed E-state index contributed by atoms with van der Waals surface area (Å²) in [5, 5.41) is 0. The molecule has 0 spiro atoms. The van der Waals surface area contributed by atoms with Gasteiger partial charge in [0.2, 0.25) is 11.4 Å². The minimum absolute atomic E-state index is 1.05. The van der Waals surface area contributed by atoms with Gasteiger partial charge < -0.3 is 5.53 Å². The van der Waals surface area contributed by atoms with Crippen molar-refractivity contribution in [1.29, 1.82) is 0 Å². The molecule has 2 aromatic carbocycles. The van der Waals surface area contributed by atoms with Crippen molar-refractivity contribution in [2.45, 2.75) is 432 Å². The van der Waals surface area contributed by atoms with Crippen LogP contribution in [0.3, 0.4) is 0 Å². The van der Waals surface area contributed by atoms with E-state index in [-0.39, 0.29) is 0 Å². The Bertz CT molecular complexity index is 1860. The molecule has 0 radical (unpaired) electrons. The van der Waals surface area contributed by atoms with Crippen molar-refractivity contribution in [2.24, 2.45) is 0 Å². The number of rotatable bonds is 65. The molecule has 2 heteroatoms. The van der Waals surface area contributed by atoms with E-state index in [1.54, 1.807) is 4.70 Å². The molecule has 0 unspecified atom stereocenters. The summed E-state index contributed by atoms with van der Waals surface area (Å²) >= 11 is 0. The average molecular weight is 1170 g/mol. The first-order valence-corrected chi connectivity index (χ1v) is 39.2. The minimum atomic E-state index is 1.05. The number of nitrogens with zero attached hydrogens (tertiary/aromatic N) is 2. The minimum Gasteiger partial charge on any atom is -0.493 e. The Morgan fingerprint density at radius 2 is 0.459 bits per heavy atom. The molecular formula is C83H146N2. The van der Waals surface area contributed by atoms with Crippen molar-refractivity contribution in [3.8, 4) is 0 Å². The van der Waals surface area contributed by atoms with E-state index in [1.807, 2.05) is 0 Å². The number of unbranched alkanes of at least 4 members (excludes halogenated alkanes) is 57. The lowest BCUT2D eigenvalue weighted by atomic mass is 9.90. The lowest BCUT2D eigenvalue weighted by Gasteiger charge is -2.11. The van der Waals surface area contributed by atoms with Crippen molar-refractivity contribution in [3.05, 3.63) is 87.5 Å². The van der Waals surface area contributed by atoms with Crippen LogP contribution in [0.4, 0.5) is 0 Å². The van der Waals surface area contributed by atoms with Crippen LogP contribution in [0.25, 0.3) is 16.9 Å². The lowest BCUT2D eigenvalue weighted by molar-refractivity contribution is -0.345. The third-order valence-electron chi connectivity index (χ3n) is 19.7. The molecule has 0 amide bonds. The van der Waals surface area contributed by atoms with E-state index < -0.39 is 0 Å². The molecule has 1 heterocycles. The Labute approximate surface area is 532 Å². The van der Waals surface area contributed by atoms with E-state index in [2.05, 4.69) is 76.2 Å². The highest BCUT2D eigenvalue weighted by Gasteiger charge is 2.35. The third kappa shape index (κ3) is 41.4.